The minimum atomic E-state index is -0.458. The van der Waals surface area contributed by atoms with E-state index >= 15 is 0 Å². The van der Waals surface area contributed by atoms with Crippen LogP contribution in [0.25, 0.3) is 0 Å². The lowest BCUT2D eigenvalue weighted by Crippen LogP contribution is -2.54. The predicted molar refractivity (Wildman–Crippen MR) is 96.8 cm³/mol. The molecule has 3 fully saturated rings. The average Bonchev–Trinajstić information content (AvgIpc) is 2.93. The molecule has 4 rings (SSSR count). The van der Waals surface area contributed by atoms with Crippen molar-refractivity contribution in [2.24, 2.45) is 40.4 Å². The first-order valence-corrected chi connectivity index (χ1v) is 10.2. The molecule has 0 aromatic rings. The fourth-order valence-electron chi connectivity index (χ4n) is 7.61. The van der Waals surface area contributed by atoms with Crippen LogP contribution >= 0.6 is 0 Å². The minimum Gasteiger partial charge on any atom is -0.389 e. The smallest absolute Gasteiger partial charge is 0.155 e. The Morgan fingerprint density at radius 1 is 1.20 bits per heavy atom. The molecule has 0 spiro atoms. The lowest BCUT2D eigenvalue weighted by Gasteiger charge is -2.59. The molecule has 3 nitrogen and oxygen atoms in total. The van der Waals surface area contributed by atoms with Crippen LogP contribution in [0.1, 0.15) is 65.7 Å². The molecule has 8 atom stereocenters. The highest BCUT2D eigenvalue weighted by atomic mass is 16.3. The van der Waals surface area contributed by atoms with Gasteiger partial charge in [-0.1, -0.05) is 20.8 Å². The Morgan fingerprint density at radius 2 is 1.96 bits per heavy atom. The highest BCUT2D eigenvalue weighted by Gasteiger charge is 2.60. The van der Waals surface area contributed by atoms with Crippen LogP contribution in [0.5, 0.6) is 0 Å². The molecular weight excluding hydrogens is 312 g/mol. The van der Waals surface area contributed by atoms with E-state index in [2.05, 4.69) is 20.8 Å². The second-order valence-corrected chi connectivity index (χ2v) is 9.84. The summed E-state index contributed by atoms with van der Waals surface area (Å²) in [5.41, 5.74) is 1.25. The van der Waals surface area contributed by atoms with Crippen molar-refractivity contribution in [3.05, 3.63) is 11.6 Å². The third-order valence-corrected chi connectivity index (χ3v) is 8.90. The molecule has 3 saturated carbocycles. The van der Waals surface area contributed by atoms with Crippen molar-refractivity contribution in [1.29, 1.82) is 0 Å². The van der Waals surface area contributed by atoms with E-state index < -0.39 is 6.10 Å². The standard InChI is InChI=1S/C22H32O3/c1-13(12-23)16-4-5-17-15-11-20(25)19-10-14(24)6-8-22(19,3)18(15)7-9-21(16,17)2/h10,12-13,15-18,20,25H,4-9,11H2,1-3H3/t13?,15-,16+,17-,18-,20+,21+,22+/m0/s1. The first kappa shape index (κ1) is 17.5. The zero-order valence-corrected chi connectivity index (χ0v) is 15.8. The van der Waals surface area contributed by atoms with Crippen LogP contribution in [0.2, 0.25) is 0 Å². The van der Waals surface area contributed by atoms with E-state index in [4.69, 9.17) is 0 Å². The SMILES string of the molecule is CC(C=O)[C@H]1CC[C@H]2[C@@H]3C[C@@H](O)C4=CC(=O)CC[C@]4(C)[C@H]3CC[C@]12C. The normalized spacial score (nSPS) is 50.3. The van der Waals surface area contributed by atoms with Crippen LogP contribution in [0.3, 0.4) is 0 Å². The lowest BCUT2D eigenvalue weighted by atomic mass is 9.46. The van der Waals surface area contributed by atoms with Gasteiger partial charge in [0, 0.05) is 12.3 Å². The second-order valence-electron chi connectivity index (χ2n) is 9.84. The first-order valence-electron chi connectivity index (χ1n) is 10.2. The van der Waals surface area contributed by atoms with Crippen LogP contribution in [-0.2, 0) is 9.59 Å². The van der Waals surface area contributed by atoms with Gasteiger partial charge in [-0.2, -0.15) is 0 Å². The summed E-state index contributed by atoms with van der Waals surface area (Å²) >= 11 is 0. The van der Waals surface area contributed by atoms with Gasteiger partial charge in [0.2, 0.25) is 0 Å². The zero-order chi connectivity index (χ0) is 18.0. The molecule has 1 unspecified atom stereocenters. The van der Waals surface area contributed by atoms with Crippen LogP contribution in [0, 0.1) is 40.4 Å². The van der Waals surface area contributed by atoms with Crippen LogP contribution in [0.15, 0.2) is 11.6 Å². The Kier molecular flexibility index (Phi) is 4.03. The van der Waals surface area contributed by atoms with E-state index in [1.165, 1.54) is 19.3 Å². The monoisotopic (exact) mass is 344 g/mol. The average molecular weight is 344 g/mol. The van der Waals surface area contributed by atoms with Crippen molar-refractivity contribution in [2.75, 3.05) is 0 Å². The molecule has 0 amide bonds. The number of aliphatic hydroxyl groups excluding tert-OH is 1. The highest BCUT2D eigenvalue weighted by Crippen LogP contribution is 2.67. The summed E-state index contributed by atoms with van der Waals surface area (Å²) in [5, 5.41) is 10.9. The van der Waals surface area contributed by atoms with Gasteiger partial charge in [-0.25, -0.2) is 0 Å². The zero-order valence-electron chi connectivity index (χ0n) is 15.8. The van der Waals surface area contributed by atoms with Gasteiger partial charge < -0.3 is 9.90 Å². The van der Waals surface area contributed by atoms with E-state index in [0.717, 1.165) is 31.1 Å². The first-order chi connectivity index (χ1) is 11.8. The molecule has 0 saturated heterocycles. The number of fused-ring (bicyclic) bond motifs is 5. The summed E-state index contributed by atoms with van der Waals surface area (Å²) in [6.45, 7) is 6.80. The largest absolute Gasteiger partial charge is 0.389 e. The maximum Gasteiger partial charge on any atom is 0.155 e. The maximum atomic E-state index is 11.9. The predicted octanol–water partition coefficient (Wildman–Crippen LogP) is 3.94. The minimum absolute atomic E-state index is 0.00800. The molecule has 25 heavy (non-hydrogen) atoms. The van der Waals surface area contributed by atoms with Crippen molar-refractivity contribution in [1.82, 2.24) is 0 Å². The van der Waals surface area contributed by atoms with Gasteiger partial charge in [0.15, 0.2) is 5.78 Å². The van der Waals surface area contributed by atoms with Gasteiger partial charge in [-0.3, -0.25) is 4.79 Å². The fourth-order valence-corrected chi connectivity index (χ4v) is 7.61. The van der Waals surface area contributed by atoms with E-state index in [0.29, 0.717) is 30.1 Å². The van der Waals surface area contributed by atoms with Crippen molar-refractivity contribution < 1.29 is 14.7 Å². The fraction of sp³-hybridized carbons (Fsp3) is 0.818. The summed E-state index contributed by atoms with van der Waals surface area (Å²) in [6, 6.07) is 0. The Bertz CT molecular complexity index is 623. The summed E-state index contributed by atoms with van der Waals surface area (Å²) in [6.07, 6.45) is 9.50. The number of carbonyl (C=O) groups is 2. The molecule has 0 heterocycles. The van der Waals surface area contributed by atoms with Gasteiger partial charge in [-0.05, 0) is 84.7 Å². The number of hydrogen-bond acceptors (Lipinski definition) is 3. The lowest BCUT2D eigenvalue weighted by molar-refractivity contribution is -0.121. The van der Waals surface area contributed by atoms with Gasteiger partial charge in [-0.15, -0.1) is 0 Å². The van der Waals surface area contributed by atoms with Crippen molar-refractivity contribution in [2.45, 2.75) is 71.8 Å². The van der Waals surface area contributed by atoms with E-state index in [9.17, 15) is 14.7 Å². The molecule has 0 bridgehead atoms. The van der Waals surface area contributed by atoms with Gasteiger partial charge >= 0.3 is 0 Å². The Labute approximate surface area is 151 Å². The van der Waals surface area contributed by atoms with E-state index in [-0.39, 0.29) is 22.5 Å². The molecule has 0 aliphatic heterocycles. The molecular formula is C22H32O3. The molecule has 138 valence electrons. The summed E-state index contributed by atoms with van der Waals surface area (Å²) in [7, 11) is 0. The summed E-state index contributed by atoms with van der Waals surface area (Å²) in [4.78, 5) is 23.4. The third-order valence-electron chi connectivity index (χ3n) is 8.90. The van der Waals surface area contributed by atoms with Crippen molar-refractivity contribution in [3.63, 3.8) is 0 Å². The van der Waals surface area contributed by atoms with Crippen LogP contribution in [0.4, 0.5) is 0 Å². The quantitative estimate of drug-likeness (QED) is 0.772. The van der Waals surface area contributed by atoms with Crippen molar-refractivity contribution in [3.8, 4) is 0 Å². The molecule has 0 aromatic carbocycles. The third kappa shape index (κ3) is 2.34. The summed E-state index contributed by atoms with van der Waals surface area (Å²) in [5.74, 6) is 2.55. The maximum absolute atomic E-state index is 11.9. The summed E-state index contributed by atoms with van der Waals surface area (Å²) < 4.78 is 0. The topological polar surface area (TPSA) is 54.4 Å². The number of aliphatic hydroxyl groups is 1. The van der Waals surface area contributed by atoms with Crippen LogP contribution in [-0.4, -0.2) is 23.3 Å². The van der Waals surface area contributed by atoms with Gasteiger partial charge in [0.05, 0.1) is 6.10 Å². The molecule has 4 aliphatic carbocycles. The number of hydrogen-bond donors (Lipinski definition) is 1. The number of aldehydes is 1. The second kappa shape index (κ2) is 5.77. The number of carbonyl (C=O) groups excluding carboxylic acids is 2. The molecule has 1 N–H and O–H groups in total. The molecule has 4 aliphatic rings. The number of rotatable bonds is 2. The number of ketones is 1. The van der Waals surface area contributed by atoms with E-state index in [1.807, 2.05) is 0 Å². The van der Waals surface area contributed by atoms with Crippen LogP contribution < -0.4 is 0 Å². The van der Waals surface area contributed by atoms with E-state index in [1.54, 1.807) is 6.08 Å². The van der Waals surface area contributed by atoms with Crippen molar-refractivity contribution >= 4 is 12.1 Å². The molecule has 3 heteroatoms. The Balaban J connectivity index is 1.68. The molecule has 0 radical (unpaired) electrons. The Morgan fingerprint density at radius 3 is 2.68 bits per heavy atom. The van der Waals surface area contributed by atoms with Gasteiger partial charge in [0.25, 0.3) is 0 Å². The Hall–Kier alpha value is -0.960. The highest BCUT2D eigenvalue weighted by molar-refractivity contribution is 5.91. The van der Waals surface area contributed by atoms with Gasteiger partial charge in [0.1, 0.15) is 6.29 Å². The molecule has 0 aromatic heterocycles.